The van der Waals surface area contributed by atoms with Gasteiger partial charge in [0.25, 0.3) is 0 Å². The van der Waals surface area contributed by atoms with E-state index in [9.17, 15) is 0 Å². The van der Waals surface area contributed by atoms with E-state index >= 15 is 0 Å². The number of hydrogen-bond donors (Lipinski definition) is 1. The molecule has 0 aromatic rings. The van der Waals surface area contributed by atoms with Crippen molar-refractivity contribution in [3.05, 3.63) is 0 Å². The number of hydrogen-bond acceptors (Lipinski definition) is 2. The highest BCUT2D eigenvalue weighted by Gasteiger charge is 2.14. The highest BCUT2D eigenvalue weighted by Crippen LogP contribution is 2.07. The molecule has 60 valence electrons. The van der Waals surface area contributed by atoms with Crippen molar-refractivity contribution in [2.45, 2.75) is 18.9 Å². The summed E-state index contributed by atoms with van der Waals surface area (Å²) in [6.45, 7) is 3.67. The van der Waals surface area contributed by atoms with E-state index in [1.807, 2.05) is 0 Å². The van der Waals surface area contributed by atoms with Gasteiger partial charge in [0.1, 0.15) is 0 Å². The fraction of sp³-hybridized carbons (Fsp3) is 1.00. The van der Waals surface area contributed by atoms with Crippen LogP contribution in [0.4, 0.5) is 0 Å². The Labute approximate surface area is 76.3 Å². The number of likely N-dealkylation sites (tertiary alicyclic amines) is 1. The summed E-state index contributed by atoms with van der Waals surface area (Å²) in [5, 5.41) is 0. The SMILES string of the molecule is NC1CCN(CCI)CC1. The minimum absolute atomic E-state index is 0.477. The number of nitrogens with zero attached hydrogens (tertiary/aromatic N) is 1. The first kappa shape index (κ1) is 8.74. The van der Waals surface area contributed by atoms with Crippen LogP contribution in [0, 0.1) is 0 Å². The Morgan fingerprint density at radius 1 is 1.40 bits per heavy atom. The molecule has 1 saturated heterocycles. The Balaban J connectivity index is 2.13. The highest BCUT2D eigenvalue weighted by atomic mass is 127. The average Bonchev–Trinajstić information content (AvgIpc) is 1.95. The van der Waals surface area contributed by atoms with Crippen LogP contribution in [0.25, 0.3) is 0 Å². The van der Waals surface area contributed by atoms with Gasteiger partial charge < -0.3 is 10.6 Å². The third kappa shape index (κ3) is 2.72. The van der Waals surface area contributed by atoms with Gasteiger partial charge in [0.05, 0.1) is 0 Å². The summed E-state index contributed by atoms with van der Waals surface area (Å²) in [6, 6.07) is 0.477. The molecule has 0 atom stereocenters. The molecule has 0 aliphatic carbocycles. The number of nitrogens with two attached hydrogens (primary N) is 1. The van der Waals surface area contributed by atoms with Crippen molar-refractivity contribution in [1.82, 2.24) is 4.90 Å². The molecule has 0 unspecified atom stereocenters. The van der Waals surface area contributed by atoms with Crippen molar-refractivity contribution in [2.75, 3.05) is 24.1 Å². The predicted octanol–water partition coefficient (Wildman–Crippen LogP) is 0.844. The Morgan fingerprint density at radius 3 is 2.50 bits per heavy atom. The maximum atomic E-state index is 5.76. The molecular formula is C7H15IN2. The van der Waals surface area contributed by atoms with E-state index in [1.165, 1.54) is 36.9 Å². The van der Waals surface area contributed by atoms with Crippen LogP contribution in [0.3, 0.4) is 0 Å². The predicted molar refractivity (Wildman–Crippen MR) is 52.5 cm³/mol. The number of alkyl halides is 1. The molecule has 1 aliphatic heterocycles. The van der Waals surface area contributed by atoms with Crippen LogP contribution in [-0.4, -0.2) is 35.0 Å². The monoisotopic (exact) mass is 254 g/mol. The van der Waals surface area contributed by atoms with Crippen molar-refractivity contribution in [3.63, 3.8) is 0 Å². The summed E-state index contributed by atoms with van der Waals surface area (Å²) in [7, 11) is 0. The molecule has 0 aromatic carbocycles. The summed E-state index contributed by atoms with van der Waals surface area (Å²) >= 11 is 2.42. The van der Waals surface area contributed by atoms with Crippen LogP contribution in [0.5, 0.6) is 0 Å². The Morgan fingerprint density at radius 2 is 2.00 bits per heavy atom. The van der Waals surface area contributed by atoms with Gasteiger partial charge in [-0.05, 0) is 25.9 Å². The zero-order valence-electron chi connectivity index (χ0n) is 6.22. The molecule has 1 aliphatic rings. The van der Waals surface area contributed by atoms with Crippen LogP contribution in [0.1, 0.15) is 12.8 Å². The van der Waals surface area contributed by atoms with Crippen LogP contribution in [-0.2, 0) is 0 Å². The van der Waals surface area contributed by atoms with Crippen molar-refractivity contribution in [1.29, 1.82) is 0 Å². The molecule has 10 heavy (non-hydrogen) atoms. The second kappa shape index (κ2) is 4.51. The first-order chi connectivity index (χ1) is 4.83. The molecule has 0 aromatic heterocycles. The van der Waals surface area contributed by atoms with Gasteiger partial charge in [-0.3, -0.25) is 0 Å². The molecule has 0 bridgehead atoms. The fourth-order valence-electron chi connectivity index (χ4n) is 1.30. The van der Waals surface area contributed by atoms with Gasteiger partial charge in [0, 0.05) is 17.0 Å². The lowest BCUT2D eigenvalue weighted by Crippen LogP contribution is -2.40. The maximum absolute atomic E-state index is 5.76. The number of piperidine rings is 1. The second-order valence-electron chi connectivity index (χ2n) is 2.87. The third-order valence-electron chi connectivity index (χ3n) is 2.03. The summed E-state index contributed by atoms with van der Waals surface area (Å²) in [5.74, 6) is 0. The molecular weight excluding hydrogens is 239 g/mol. The zero-order chi connectivity index (χ0) is 7.40. The molecule has 1 rings (SSSR count). The van der Waals surface area contributed by atoms with E-state index in [0.29, 0.717) is 6.04 Å². The van der Waals surface area contributed by atoms with Gasteiger partial charge in [0.2, 0.25) is 0 Å². The van der Waals surface area contributed by atoms with Crippen LogP contribution in [0.2, 0.25) is 0 Å². The topological polar surface area (TPSA) is 29.3 Å². The van der Waals surface area contributed by atoms with E-state index in [-0.39, 0.29) is 0 Å². The molecule has 1 fully saturated rings. The van der Waals surface area contributed by atoms with Crippen LogP contribution >= 0.6 is 22.6 Å². The van der Waals surface area contributed by atoms with Crippen molar-refractivity contribution in [3.8, 4) is 0 Å². The summed E-state index contributed by atoms with van der Waals surface area (Å²) in [4.78, 5) is 2.50. The van der Waals surface area contributed by atoms with E-state index < -0.39 is 0 Å². The minimum Gasteiger partial charge on any atom is -0.328 e. The molecule has 1 heterocycles. The van der Waals surface area contributed by atoms with Gasteiger partial charge in [0.15, 0.2) is 0 Å². The molecule has 3 heteroatoms. The Kier molecular flexibility index (Phi) is 3.95. The number of rotatable bonds is 2. The summed E-state index contributed by atoms with van der Waals surface area (Å²) in [6.07, 6.45) is 2.38. The van der Waals surface area contributed by atoms with Crippen molar-refractivity contribution in [2.24, 2.45) is 5.73 Å². The zero-order valence-corrected chi connectivity index (χ0v) is 8.38. The minimum atomic E-state index is 0.477. The molecule has 0 spiro atoms. The quantitative estimate of drug-likeness (QED) is 0.584. The Bertz CT molecular complexity index is 89.6. The molecule has 2 nitrogen and oxygen atoms in total. The van der Waals surface area contributed by atoms with Crippen molar-refractivity contribution >= 4 is 22.6 Å². The normalized spacial score (nSPS) is 23.4. The molecule has 2 N–H and O–H groups in total. The summed E-state index contributed by atoms with van der Waals surface area (Å²) < 4.78 is 1.24. The molecule has 0 saturated carbocycles. The van der Waals surface area contributed by atoms with E-state index in [0.717, 1.165) is 0 Å². The average molecular weight is 254 g/mol. The first-order valence-electron chi connectivity index (χ1n) is 3.87. The smallest absolute Gasteiger partial charge is 0.0123 e. The highest BCUT2D eigenvalue weighted by molar-refractivity contribution is 14.1. The van der Waals surface area contributed by atoms with E-state index in [4.69, 9.17) is 5.73 Å². The molecule has 0 radical (unpaired) electrons. The lowest BCUT2D eigenvalue weighted by Gasteiger charge is -2.29. The van der Waals surface area contributed by atoms with Gasteiger partial charge in [-0.25, -0.2) is 0 Å². The lowest BCUT2D eigenvalue weighted by atomic mass is 10.1. The van der Waals surface area contributed by atoms with Crippen molar-refractivity contribution < 1.29 is 0 Å². The standard InChI is InChI=1S/C7H15IN2/c8-3-6-10-4-1-7(9)2-5-10/h7H,1-6,9H2. The van der Waals surface area contributed by atoms with E-state index in [1.54, 1.807) is 0 Å². The second-order valence-corrected chi connectivity index (χ2v) is 3.95. The largest absolute Gasteiger partial charge is 0.328 e. The summed E-state index contributed by atoms with van der Waals surface area (Å²) in [5.41, 5.74) is 5.76. The van der Waals surface area contributed by atoms with Gasteiger partial charge >= 0.3 is 0 Å². The maximum Gasteiger partial charge on any atom is 0.0123 e. The first-order valence-corrected chi connectivity index (χ1v) is 5.39. The Hall–Kier alpha value is 0.650. The fourth-order valence-corrected chi connectivity index (χ4v) is 1.98. The lowest BCUT2D eigenvalue weighted by molar-refractivity contribution is 0.226. The van der Waals surface area contributed by atoms with Gasteiger partial charge in [-0.2, -0.15) is 0 Å². The molecule has 0 amide bonds. The number of halogens is 1. The van der Waals surface area contributed by atoms with Gasteiger partial charge in [-0.15, -0.1) is 0 Å². The third-order valence-corrected chi connectivity index (χ3v) is 2.52. The van der Waals surface area contributed by atoms with Gasteiger partial charge in [-0.1, -0.05) is 22.6 Å². The van der Waals surface area contributed by atoms with Crippen LogP contribution in [0.15, 0.2) is 0 Å². The van der Waals surface area contributed by atoms with E-state index in [2.05, 4.69) is 27.5 Å². The van der Waals surface area contributed by atoms with Crippen LogP contribution < -0.4 is 5.73 Å².